The van der Waals surface area contributed by atoms with Crippen LogP contribution in [0.15, 0.2) is 16.9 Å². The molecular weight excluding hydrogens is 544 g/mol. The van der Waals surface area contributed by atoms with Gasteiger partial charge < -0.3 is 29.4 Å². The Morgan fingerprint density at radius 2 is 1.92 bits per heavy atom. The molecule has 2 aromatic rings. The van der Waals surface area contributed by atoms with Crippen LogP contribution in [0.1, 0.15) is 50.4 Å². The first-order chi connectivity index (χ1) is 16.8. The number of methoxy groups -OCH3 is 1. The molecule has 0 aliphatic heterocycles. The van der Waals surface area contributed by atoms with E-state index in [1.54, 1.807) is 6.20 Å². The van der Waals surface area contributed by atoms with E-state index in [4.69, 9.17) is 14.2 Å². The minimum atomic E-state index is -1.18. The van der Waals surface area contributed by atoms with Crippen molar-refractivity contribution in [3.8, 4) is 0 Å². The number of hydrogen-bond acceptors (Lipinski definition) is 7. The lowest BCUT2D eigenvalue weighted by atomic mass is 10.1. The SMILES string of the molecule is COC(=O)c1cnc2c(c(Br)cn2COCC[Si](C)(C)C)c1N[C@@H]1CC[C@@H](NC(=O)OC(C)(C)C)C1. The van der Waals surface area contributed by atoms with Gasteiger partial charge in [-0.25, -0.2) is 14.6 Å². The lowest BCUT2D eigenvalue weighted by molar-refractivity contribution is 0.0504. The lowest BCUT2D eigenvalue weighted by Gasteiger charge is -2.22. The summed E-state index contributed by atoms with van der Waals surface area (Å²) in [4.78, 5) is 29.4. The number of rotatable bonds is 9. The van der Waals surface area contributed by atoms with Crippen molar-refractivity contribution in [3.63, 3.8) is 0 Å². The minimum absolute atomic E-state index is 0.0101. The van der Waals surface area contributed by atoms with Gasteiger partial charge in [0.25, 0.3) is 0 Å². The smallest absolute Gasteiger partial charge is 0.407 e. The van der Waals surface area contributed by atoms with Gasteiger partial charge in [-0.15, -0.1) is 0 Å². The van der Waals surface area contributed by atoms with Crippen molar-refractivity contribution in [3.05, 3.63) is 22.4 Å². The molecule has 2 aromatic heterocycles. The largest absolute Gasteiger partial charge is 0.465 e. The first-order valence-electron chi connectivity index (χ1n) is 12.4. The molecule has 0 unspecified atom stereocenters. The molecule has 0 bridgehead atoms. The molecular formula is C25H39BrN4O5Si. The van der Waals surface area contributed by atoms with Gasteiger partial charge in [-0.1, -0.05) is 19.6 Å². The monoisotopic (exact) mass is 582 g/mol. The van der Waals surface area contributed by atoms with Gasteiger partial charge in [0.05, 0.1) is 18.2 Å². The second-order valence-corrected chi connectivity index (χ2v) is 18.0. The van der Waals surface area contributed by atoms with Gasteiger partial charge in [0.15, 0.2) is 0 Å². The zero-order valence-electron chi connectivity index (χ0n) is 22.4. The number of carbonyl (C=O) groups is 2. The summed E-state index contributed by atoms with van der Waals surface area (Å²) < 4.78 is 19.1. The van der Waals surface area contributed by atoms with Gasteiger partial charge in [0, 0.05) is 43.6 Å². The molecule has 0 saturated heterocycles. The lowest BCUT2D eigenvalue weighted by Crippen LogP contribution is -2.38. The van der Waals surface area contributed by atoms with Crippen LogP contribution < -0.4 is 10.6 Å². The number of aromatic nitrogens is 2. The van der Waals surface area contributed by atoms with Crippen molar-refractivity contribution < 1.29 is 23.8 Å². The Balaban J connectivity index is 1.79. The third kappa shape index (κ3) is 7.69. The molecule has 36 heavy (non-hydrogen) atoms. The van der Waals surface area contributed by atoms with Crippen molar-refractivity contribution in [1.29, 1.82) is 0 Å². The van der Waals surface area contributed by atoms with Crippen LogP contribution >= 0.6 is 15.9 Å². The number of ether oxygens (including phenoxy) is 3. The fourth-order valence-corrected chi connectivity index (χ4v) is 5.56. The van der Waals surface area contributed by atoms with Crippen LogP contribution in [0.2, 0.25) is 25.7 Å². The summed E-state index contributed by atoms with van der Waals surface area (Å²) in [6, 6.07) is 1.13. The van der Waals surface area contributed by atoms with Crippen LogP contribution in [-0.4, -0.2) is 61.1 Å². The Labute approximate surface area is 222 Å². The van der Waals surface area contributed by atoms with Crippen LogP contribution in [-0.2, 0) is 20.9 Å². The van der Waals surface area contributed by atoms with Crippen molar-refractivity contribution in [1.82, 2.24) is 14.9 Å². The highest BCUT2D eigenvalue weighted by Gasteiger charge is 2.30. The Morgan fingerprint density at radius 3 is 2.56 bits per heavy atom. The normalized spacial score (nSPS) is 18.3. The minimum Gasteiger partial charge on any atom is -0.465 e. The van der Waals surface area contributed by atoms with E-state index in [1.165, 1.54) is 7.11 Å². The molecule has 200 valence electrons. The van der Waals surface area contributed by atoms with Crippen LogP contribution in [0.3, 0.4) is 0 Å². The Kier molecular flexibility index (Phi) is 9.10. The van der Waals surface area contributed by atoms with Gasteiger partial charge in [-0.3, -0.25) is 0 Å². The van der Waals surface area contributed by atoms with E-state index < -0.39 is 25.7 Å². The first kappa shape index (κ1) is 28.5. The van der Waals surface area contributed by atoms with E-state index in [0.717, 1.165) is 28.7 Å². The molecule has 2 heterocycles. The molecule has 1 saturated carbocycles. The number of esters is 1. The Morgan fingerprint density at radius 1 is 1.22 bits per heavy atom. The van der Waals surface area contributed by atoms with Crippen LogP contribution in [0.4, 0.5) is 10.5 Å². The third-order valence-corrected chi connectivity index (χ3v) is 8.28. The summed E-state index contributed by atoms with van der Waals surface area (Å²) >= 11 is 3.66. The molecule has 1 aliphatic rings. The number of alkyl carbamates (subject to hydrolysis) is 1. The predicted octanol–water partition coefficient (Wildman–Crippen LogP) is 5.76. The summed E-state index contributed by atoms with van der Waals surface area (Å²) in [5.74, 6) is -0.459. The van der Waals surface area contributed by atoms with Gasteiger partial charge in [-0.2, -0.15) is 0 Å². The summed E-state index contributed by atoms with van der Waals surface area (Å²) in [6.45, 7) is 13.6. The third-order valence-electron chi connectivity index (χ3n) is 5.97. The predicted molar refractivity (Wildman–Crippen MR) is 147 cm³/mol. The van der Waals surface area contributed by atoms with Crippen molar-refractivity contribution in [2.45, 2.75) is 90.1 Å². The number of hydrogen-bond donors (Lipinski definition) is 2. The molecule has 11 heteroatoms. The van der Waals surface area contributed by atoms with E-state index in [9.17, 15) is 9.59 Å². The van der Waals surface area contributed by atoms with Crippen LogP contribution in [0, 0.1) is 0 Å². The second kappa shape index (κ2) is 11.5. The molecule has 9 nitrogen and oxygen atoms in total. The molecule has 1 amide bonds. The van der Waals surface area contributed by atoms with Gasteiger partial charge in [0.2, 0.25) is 0 Å². The van der Waals surface area contributed by atoms with Crippen molar-refractivity contribution in [2.75, 3.05) is 19.0 Å². The molecule has 2 atom stereocenters. The van der Waals surface area contributed by atoms with E-state index >= 15 is 0 Å². The number of carbonyl (C=O) groups excluding carboxylic acids is 2. The number of anilines is 1. The Bertz CT molecular complexity index is 1090. The average molecular weight is 584 g/mol. The van der Waals surface area contributed by atoms with Crippen LogP contribution in [0.25, 0.3) is 11.0 Å². The first-order valence-corrected chi connectivity index (χ1v) is 16.9. The zero-order valence-corrected chi connectivity index (χ0v) is 25.0. The molecule has 0 aromatic carbocycles. The van der Waals surface area contributed by atoms with Gasteiger partial charge >= 0.3 is 12.1 Å². The molecule has 0 radical (unpaired) electrons. The highest BCUT2D eigenvalue weighted by Crippen LogP contribution is 2.36. The highest BCUT2D eigenvalue weighted by atomic mass is 79.9. The van der Waals surface area contributed by atoms with Gasteiger partial charge in [0.1, 0.15) is 23.5 Å². The quantitative estimate of drug-likeness (QED) is 0.220. The van der Waals surface area contributed by atoms with E-state index in [1.807, 2.05) is 31.5 Å². The average Bonchev–Trinajstić information content (AvgIpc) is 3.32. The maximum absolute atomic E-state index is 12.6. The zero-order chi connectivity index (χ0) is 26.7. The molecule has 1 fully saturated rings. The van der Waals surface area contributed by atoms with E-state index in [-0.39, 0.29) is 12.1 Å². The molecule has 0 spiro atoms. The maximum Gasteiger partial charge on any atom is 0.407 e. The van der Waals surface area contributed by atoms with Crippen molar-refractivity contribution in [2.24, 2.45) is 0 Å². The molecule has 1 aliphatic carbocycles. The highest BCUT2D eigenvalue weighted by molar-refractivity contribution is 9.10. The Hall–Kier alpha value is -2.11. The number of fused-ring (bicyclic) bond motifs is 1. The summed E-state index contributed by atoms with van der Waals surface area (Å²) in [5, 5.41) is 7.31. The number of pyridine rings is 1. The standard InChI is InChI=1S/C25H39BrN4O5Si/c1-25(2,3)35-24(32)29-17-9-8-16(12-17)28-21-18(23(31)33-4)13-27-22-20(21)19(26)14-30(22)15-34-10-11-36(5,6)7/h13-14,16-17H,8-12,15H2,1-7H3,(H,27,28)(H,29,32)/t16-,17-/m1/s1. The summed E-state index contributed by atoms with van der Waals surface area (Å²) in [7, 11) is 0.180. The van der Waals surface area contributed by atoms with E-state index in [0.29, 0.717) is 36.7 Å². The number of nitrogens with zero attached hydrogens (tertiary/aromatic N) is 2. The van der Waals surface area contributed by atoms with E-state index in [2.05, 4.69) is 51.2 Å². The molecule has 2 N–H and O–H groups in total. The number of halogens is 1. The van der Waals surface area contributed by atoms with Crippen LogP contribution in [0.5, 0.6) is 0 Å². The topological polar surface area (TPSA) is 104 Å². The van der Waals surface area contributed by atoms with Gasteiger partial charge in [-0.05, 0) is 62.0 Å². The second-order valence-electron chi connectivity index (χ2n) is 11.5. The summed E-state index contributed by atoms with van der Waals surface area (Å²) in [5.41, 5.74) is 1.21. The fourth-order valence-electron chi connectivity index (χ4n) is 4.18. The number of amides is 1. The molecule has 3 rings (SSSR count). The summed E-state index contributed by atoms with van der Waals surface area (Å²) in [6.07, 6.45) is 5.42. The fraction of sp³-hybridized carbons (Fsp3) is 0.640. The number of nitrogens with one attached hydrogen (secondary N) is 2. The van der Waals surface area contributed by atoms with Crippen molar-refractivity contribution >= 4 is 52.8 Å². The maximum atomic E-state index is 12.6.